The summed E-state index contributed by atoms with van der Waals surface area (Å²) in [6.07, 6.45) is 0. The first-order chi connectivity index (χ1) is 8.53. The monoisotopic (exact) mass is 270 g/mol. The van der Waals surface area contributed by atoms with Gasteiger partial charge in [-0.25, -0.2) is 0 Å². The van der Waals surface area contributed by atoms with Gasteiger partial charge in [-0.1, -0.05) is 13.8 Å². The van der Waals surface area contributed by atoms with Crippen LogP contribution >= 0.6 is 0 Å². The summed E-state index contributed by atoms with van der Waals surface area (Å²) in [5.41, 5.74) is 0.282. The van der Waals surface area contributed by atoms with Crippen molar-refractivity contribution in [2.45, 2.75) is 19.4 Å². The predicted molar refractivity (Wildman–Crippen MR) is 74.1 cm³/mol. The maximum Gasteiger partial charge on any atom is 0.374 e. The molecule has 0 heterocycles. The zero-order valence-corrected chi connectivity index (χ0v) is 12.9. The van der Waals surface area contributed by atoms with Crippen LogP contribution in [0.15, 0.2) is 18.2 Å². The lowest BCUT2D eigenvalue weighted by Gasteiger charge is -2.31. The van der Waals surface area contributed by atoms with E-state index in [1.807, 2.05) is 18.2 Å². The maximum atomic E-state index is 5.74. The lowest BCUT2D eigenvalue weighted by atomic mass is 10.3. The molecule has 0 spiro atoms. The van der Waals surface area contributed by atoms with Crippen LogP contribution in [0.25, 0.3) is 0 Å². The Morgan fingerprint density at radius 2 is 1.28 bits per heavy atom. The molecule has 18 heavy (non-hydrogen) atoms. The topological polar surface area (TPSA) is 36.9 Å². The van der Waals surface area contributed by atoms with Crippen LogP contribution in [0.4, 0.5) is 0 Å². The molecule has 0 bridgehead atoms. The predicted octanol–water partition coefficient (Wildman–Crippen LogP) is 2.06. The first-order valence-electron chi connectivity index (χ1n) is 5.87. The Hall–Kier alpha value is -1.04. The van der Waals surface area contributed by atoms with Gasteiger partial charge in [0, 0.05) is 31.0 Å². The summed E-state index contributed by atoms with van der Waals surface area (Å²) in [5.74, 6) is 1.49. The molecule has 5 heteroatoms. The van der Waals surface area contributed by atoms with E-state index >= 15 is 0 Å². The van der Waals surface area contributed by atoms with Crippen molar-refractivity contribution in [2.24, 2.45) is 0 Å². The average Bonchev–Trinajstić information content (AvgIpc) is 2.40. The molecule has 0 amide bonds. The highest BCUT2D eigenvalue weighted by Crippen LogP contribution is 2.26. The first-order valence-corrected chi connectivity index (χ1v) is 7.77. The molecule has 4 nitrogen and oxygen atoms in total. The summed E-state index contributed by atoms with van der Waals surface area (Å²) in [6, 6.07) is 5.76. The van der Waals surface area contributed by atoms with Gasteiger partial charge in [0.1, 0.15) is 11.5 Å². The van der Waals surface area contributed by atoms with Crippen molar-refractivity contribution in [1.29, 1.82) is 0 Å². The summed E-state index contributed by atoms with van der Waals surface area (Å²) >= 11 is 0. The van der Waals surface area contributed by atoms with E-state index in [9.17, 15) is 0 Å². The number of methoxy groups -OCH3 is 2. The van der Waals surface area contributed by atoms with Crippen LogP contribution in [-0.2, 0) is 8.85 Å². The quantitative estimate of drug-likeness (QED) is 0.741. The summed E-state index contributed by atoms with van der Waals surface area (Å²) in [7, 11) is 4.21. The molecule has 0 unspecified atom stereocenters. The van der Waals surface area contributed by atoms with Crippen LogP contribution in [0.2, 0.25) is 5.54 Å². The van der Waals surface area contributed by atoms with Crippen molar-refractivity contribution >= 4 is 13.7 Å². The molecule has 0 atom stereocenters. The Kier molecular flexibility index (Phi) is 5.19. The van der Waals surface area contributed by atoms with Gasteiger partial charge >= 0.3 is 8.56 Å². The second kappa shape index (κ2) is 6.22. The summed E-state index contributed by atoms with van der Waals surface area (Å²) < 4.78 is 22.1. The normalized spacial score (nSPS) is 11.7. The number of rotatable bonds is 6. The van der Waals surface area contributed by atoms with E-state index in [0.29, 0.717) is 0 Å². The Labute approximate surface area is 110 Å². The second-order valence-electron chi connectivity index (χ2n) is 4.33. The molecule has 1 aromatic carbocycles. The standard InChI is InChI=1S/C13H22O4Si/c1-10(2)18(16-5,17-6)13-8-11(14-3)7-12(9-13)15-4/h7-10H,1-6H3. The fraction of sp³-hybridized carbons (Fsp3) is 0.538. The number of hydrogen-bond donors (Lipinski definition) is 0. The van der Waals surface area contributed by atoms with Crippen LogP contribution in [0.3, 0.4) is 0 Å². The Morgan fingerprint density at radius 3 is 1.56 bits per heavy atom. The SMILES string of the molecule is COc1cc(OC)cc([Si](OC)(OC)C(C)C)c1. The van der Waals surface area contributed by atoms with Crippen LogP contribution in [-0.4, -0.2) is 37.0 Å². The van der Waals surface area contributed by atoms with E-state index < -0.39 is 8.56 Å². The fourth-order valence-electron chi connectivity index (χ4n) is 2.13. The van der Waals surface area contributed by atoms with Gasteiger partial charge in [0.15, 0.2) is 0 Å². The zero-order chi connectivity index (χ0) is 13.8. The van der Waals surface area contributed by atoms with Crippen molar-refractivity contribution in [2.75, 3.05) is 28.4 Å². The van der Waals surface area contributed by atoms with Gasteiger partial charge in [0.05, 0.1) is 14.2 Å². The van der Waals surface area contributed by atoms with Gasteiger partial charge in [-0.05, 0) is 12.1 Å². The van der Waals surface area contributed by atoms with E-state index in [0.717, 1.165) is 16.7 Å². The Balaban J connectivity index is 3.35. The fourth-order valence-corrected chi connectivity index (χ4v) is 5.07. The minimum absolute atomic E-state index is 0.282. The Bertz CT molecular complexity index is 366. The number of hydrogen-bond acceptors (Lipinski definition) is 4. The molecule has 0 aromatic heterocycles. The molecule has 0 N–H and O–H groups in total. The largest absolute Gasteiger partial charge is 0.497 e. The van der Waals surface area contributed by atoms with Crippen LogP contribution < -0.4 is 14.7 Å². The highest BCUT2D eigenvalue weighted by molar-refractivity contribution is 6.82. The van der Waals surface area contributed by atoms with E-state index in [4.69, 9.17) is 18.3 Å². The molecule has 0 radical (unpaired) electrons. The molecular formula is C13H22O4Si. The van der Waals surface area contributed by atoms with Gasteiger partial charge in [-0.3, -0.25) is 0 Å². The van der Waals surface area contributed by atoms with E-state index in [1.165, 1.54) is 0 Å². The molecule has 0 saturated heterocycles. The molecule has 0 aliphatic heterocycles. The van der Waals surface area contributed by atoms with Gasteiger partial charge in [0.25, 0.3) is 0 Å². The van der Waals surface area contributed by atoms with Crippen molar-refractivity contribution in [1.82, 2.24) is 0 Å². The third kappa shape index (κ3) is 2.68. The minimum atomic E-state index is -2.45. The molecule has 0 aliphatic carbocycles. The number of ether oxygens (including phenoxy) is 2. The van der Waals surface area contributed by atoms with Crippen molar-refractivity contribution in [3.63, 3.8) is 0 Å². The van der Waals surface area contributed by atoms with E-state index in [2.05, 4.69) is 13.8 Å². The highest BCUT2D eigenvalue weighted by Gasteiger charge is 2.42. The molecule has 1 aromatic rings. The lowest BCUT2D eigenvalue weighted by Crippen LogP contribution is -2.54. The van der Waals surface area contributed by atoms with Crippen LogP contribution in [0.1, 0.15) is 13.8 Å². The molecule has 0 fully saturated rings. The van der Waals surface area contributed by atoms with Gasteiger partial charge in [-0.15, -0.1) is 0 Å². The smallest absolute Gasteiger partial charge is 0.374 e. The van der Waals surface area contributed by atoms with Crippen molar-refractivity contribution < 1.29 is 18.3 Å². The highest BCUT2D eigenvalue weighted by atomic mass is 28.4. The molecule has 102 valence electrons. The summed E-state index contributed by atoms with van der Waals surface area (Å²) in [6.45, 7) is 4.20. The van der Waals surface area contributed by atoms with Gasteiger partial charge in [-0.2, -0.15) is 0 Å². The van der Waals surface area contributed by atoms with E-state index in [1.54, 1.807) is 28.4 Å². The summed E-state index contributed by atoms with van der Waals surface area (Å²) in [4.78, 5) is 0. The van der Waals surface area contributed by atoms with Gasteiger partial charge in [0.2, 0.25) is 0 Å². The first kappa shape index (κ1) is 15.0. The average molecular weight is 270 g/mol. The zero-order valence-electron chi connectivity index (χ0n) is 11.9. The second-order valence-corrected chi connectivity index (χ2v) is 8.22. The minimum Gasteiger partial charge on any atom is -0.497 e. The number of benzene rings is 1. The van der Waals surface area contributed by atoms with Gasteiger partial charge < -0.3 is 18.3 Å². The molecule has 0 aliphatic rings. The Morgan fingerprint density at radius 1 is 0.833 bits per heavy atom. The molecule has 0 saturated carbocycles. The maximum absolute atomic E-state index is 5.74. The summed E-state index contributed by atoms with van der Waals surface area (Å²) in [5, 5.41) is 1.01. The van der Waals surface area contributed by atoms with Crippen LogP contribution in [0, 0.1) is 0 Å². The van der Waals surface area contributed by atoms with Crippen molar-refractivity contribution in [3.8, 4) is 11.5 Å². The third-order valence-electron chi connectivity index (χ3n) is 3.12. The van der Waals surface area contributed by atoms with Crippen LogP contribution in [0.5, 0.6) is 11.5 Å². The van der Waals surface area contributed by atoms with Crippen molar-refractivity contribution in [3.05, 3.63) is 18.2 Å². The van der Waals surface area contributed by atoms with E-state index in [-0.39, 0.29) is 5.54 Å². The lowest BCUT2D eigenvalue weighted by molar-refractivity contribution is 0.248. The molecule has 1 rings (SSSR count). The molecular weight excluding hydrogens is 248 g/mol. The third-order valence-corrected chi connectivity index (χ3v) is 6.95.